The fraction of sp³-hybridized carbons (Fsp3) is 0.833. The van der Waals surface area contributed by atoms with Gasteiger partial charge in [0, 0.05) is 7.05 Å². The molecule has 1 aromatic rings. The van der Waals surface area contributed by atoms with Crippen molar-refractivity contribution in [2.45, 2.75) is 54.6 Å². The van der Waals surface area contributed by atoms with E-state index in [4.69, 9.17) is 0 Å². The molecule has 0 fully saturated rings. The smallest absolute Gasteiger partial charge is 0.253 e. The number of hydrogen-bond acceptors (Lipinski definition) is 2. The molecule has 0 saturated carbocycles. The molecule has 0 spiro atoms. The first-order valence-electron chi connectivity index (χ1n) is 7.25. The molecule has 0 N–H and O–H groups in total. The van der Waals surface area contributed by atoms with Crippen molar-refractivity contribution in [3.63, 3.8) is 0 Å². The van der Waals surface area contributed by atoms with Crippen molar-refractivity contribution in [3.05, 3.63) is 11.6 Å². The summed E-state index contributed by atoms with van der Waals surface area (Å²) in [6.07, 6.45) is -7.78. The Morgan fingerprint density at radius 1 is 0.531 bits per heavy atom. The lowest BCUT2D eigenvalue weighted by molar-refractivity contribution is -0.463. The summed E-state index contributed by atoms with van der Waals surface area (Å²) in [5, 5.41) is 2.42. The SMILES string of the molecule is Cc1nc(C(F)(F)C(F)(F)C(F)(F)C(F)(F)C(F)(F)C(F)(F)C(F)(F)C(F)(F)F)nn1C. The minimum absolute atomic E-state index is 0.169. The molecule has 0 radical (unpaired) electrons. The standard InChI is InChI=1S/C12H6F17N3/c1-3-30-4(31-32(3)2)5(13,14)6(15,16)7(17,18)8(19,20)9(21,22)10(23,24)11(25,26)12(27,28)29/h1-2H3. The highest BCUT2D eigenvalue weighted by atomic mass is 19.4. The first-order valence-corrected chi connectivity index (χ1v) is 7.25. The molecule has 3 nitrogen and oxygen atoms in total. The number of nitrogens with zero attached hydrogens (tertiary/aromatic N) is 3. The Labute approximate surface area is 164 Å². The summed E-state index contributed by atoms with van der Waals surface area (Å²) < 4.78 is 223. The molecule has 0 atom stereocenters. The molecule has 0 aliphatic heterocycles. The van der Waals surface area contributed by atoms with E-state index in [0.717, 1.165) is 0 Å². The van der Waals surface area contributed by atoms with Gasteiger partial charge in [-0.05, 0) is 6.92 Å². The van der Waals surface area contributed by atoms with Crippen LogP contribution < -0.4 is 0 Å². The Hall–Kier alpha value is -2.05. The molecule has 188 valence electrons. The van der Waals surface area contributed by atoms with Crippen LogP contribution >= 0.6 is 0 Å². The maximum atomic E-state index is 13.8. The normalized spacial score (nSPS) is 16.0. The predicted octanol–water partition coefficient (Wildman–Crippen LogP) is 5.59. The van der Waals surface area contributed by atoms with Crippen molar-refractivity contribution < 1.29 is 74.6 Å². The lowest BCUT2D eigenvalue weighted by Gasteiger charge is -2.42. The first kappa shape index (κ1) is 28.0. The minimum Gasteiger partial charge on any atom is -0.253 e. The fourth-order valence-corrected chi connectivity index (χ4v) is 1.90. The van der Waals surface area contributed by atoms with Crippen LogP contribution in [0.15, 0.2) is 0 Å². The second-order valence-electron chi connectivity index (χ2n) is 6.12. The van der Waals surface area contributed by atoms with Crippen LogP contribution in [0.1, 0.15) is 11.6 Å². The Kier molecular flexibility index (Phi) is 6.10. The van der Waals surface area contributed by atoms with Crippen molar-refractivity contribution in [1.82, 2.24) is 14.8 Å². The molecule has 0 unspecified atom stereocenters. The molecule has 0 saturated heterocycles. The highest BCUT2D eigenvalue weighted by Crippen LogP contribution is 2.64. The first-order chi connectivity index (χ1) is 13.7. The molecule has 0 bridgehead atoms. The van der Waals surface area contributed by atoms with Crippen molar-refractivity contribution in [3.8, 4) is 0 Å². The van der Waals surface area contributed by atoms with E-state index in [1.807, 2.05) is 0 Å². The van der Waals surface area contributed by atoms with Crippen molar-refractivity contribution >= 4 is 0 Å². The molecule has 32 heavy (non-hydrogen) atoms. The second kappa shape index (κ2) is 6.97. The van der Waals surface area contributed by atoms with Gasteiger partial charge in [0.2, 0.25) is 5.82 Å². The summed E-state index contributed by atoms with van der Waals surface area (Å²) in [5.41, 5.74) is 0. The van der Waals surface area contributed by atoms with E-state index in [9.17, 15) is 74.6 Å². The largest absolute Gasteiger partial charge is 0.460 e. The highest BCUT2D eigenvalue weighted by Gasteiger charge is 2.95. The van der Waals surface area contributed by atoms with E-state index < -0.39 is 59.3 Å². The average Bonchev–Trinajstić information content (AvgIpc) is 2.92. The molecule has 1 heterocycles. The van der Waals surface area contributed by atoms with Gasteiger partial charge in [0.1, 0.15) is 5.82 Å². The lowest BCUT2D eigenvalue weighted by atomic mass is 9.89. The third-order valence-electron chi connectivity index (χ3n) is 3.98. The maximum Gasteiger partial charge on any atom is 0.460 e. The maximum absolute atomic E-state index is 13.8. The van der Waals surface area contributed by atoms with Crippen LogP contribution in [0.3, 0.4) is 0 Å². The van der Waals surface area contributed by atoms with Gasteiger partial charge in [0.05, 0.1) is 0 Å². The van der Waals surface area contributed by atoms with Gasteiger partial charge in [-0.1, -0.05) is 0 Å². The van der Waals surface area contributed by atoms with Crippen LogP contribution in [0.25, 0.3) is 0 Å². The number of rotatable bonds is 7. The summed E-state index contributed by atoms with van der Waals surface area (Å²) in [6.45, 7) is 0.714. The van der Waals surface area contributed by atoms with Gasteiger partial charge in [-0.3, -0.25) is 4.68 Å². The molecule has 1 aromatic heterocycles. The van der Waals surface area contributed by atoms with Gasteiger partial charge in [-0.25, -0.2) is 4.98 Å². The molecular weight excluding hydrogens is 509 g/mol. The summed E-state index contributed by atoms with van der Waals surface area (Å²) in [5.74, 6) is -60.4. The molecule has 0 amide bonds. The predicted molar refractivity (Wildman–Crippen MR) is 65.4 cm³/mol. The van der Waals surface area contributed by atoms with Crippen LogP contribution in [-0.4, -0.2) is 56.5 Å². The molecule has 20 heteroatoms. The zero-order valence-corrected chi connectivity index (χ0v) is 14.8. The zero-order chi connectivity index (χ0) is 26.1. The molecule has 1 rings (SSSR count). The highest BCUT2D eigenvalue weighted by molar-refractivity contribution is 5.17. The second-order valence-corrected chi connectivity index (χ2v) is 6.12. The van der Waals surface area contributed by atoms with E-state index in [1.54, 1.807) is 0 Å². The fourth-order valence-electron chi connectivity index (χ4n) is 1.90. The van der Waals surface area contributed by atoms with Gasteiger partial charge >= 0.3 is 47.6 Å². The van der Waals surface area contributed by atoms with Crippen LogP contribution in [0, 0.1) is 6.92 Å². The summed E-state index contributed by atoms with van der Waals surface area (Å²) in [4.78, 5) is 2.47. The summed E-state index contributed by atoms with van der Waals surface area (Å²) in [7, 11) is 0.667. The number of aromatic nitrogens is 3. The Morgan fingerprint density at radius 2 is 0.844 bits per heavy atom. The molecular formula is C12H6F17N3. The van der Waals surface area contributed by atoms with E-state index in [-0.39, 0.29) is 4.68 Å². The number of halogens is 17. The topological polar surface area (TPSA) is 30.7 Å². The van der Waals surface area contributed by atoms with Crippen LogP contribution in [0.5, 0.6) is 0 Å². The van der Waals surface area contributed by atoms with Gasteiger partial charge in [-0.15, -0.1) is 5.10 Å². The monoisotopic (exact) mass is 515 g/mol. The van der Waals surface area contributed by atoms with Gasteiger partial charge < -0.3 is 0 Å². The minimum atomic E-state index is -8.66. The summed E-state index contributed by atoms with van der Waals surface area (Å²) >= 11 is 0. The number of hydrogen-bond donors (Lipinski definition) is 0. The number of alkyl halides is 17. The van der Waals surface area contributed by atoms with Crippen LogP contribution in [-0.2, 0) is 13.0 Å². The van der Waals surface area contributed by atoms with E-state index in [2.05, 4.69) is 10.1 Å². The van der Waals surface area contributed by atoms with E-state index in [1.165, 1.54) is 0 Å². The van der Waals surface area contributed by atoms with E-state index >= 15 is 0 Å². The van der Waals surface area contributed by atoms with Gasteiger partial charge in [-0.2, -0.15) is 74.6 Å². The Morgan fingerprint density at radius 3 is 1.12 bits per heavy atom. The van der Waals surface area contributed by atoms with Gasteiger partial charge in [0.25, 0.3) is 0 Å². The third kappa shape index (κ3) is 3.26. The Bertz CT molecular complexity index is 830. The lowest BCUT2D eigenvalue weighted by Crippen LogP contribution is -2.74. The van der Waals surface area contributed by atoms with Crippen LogP contribution in [0.2, 0.25) is 0 Å². The Balaban J connectivity index is 3.72. The molecule has 0 aliphatic rings. The third-order valence-corrected chi connectivity index (χ3v) is 3.98. The number of aryl methyl sites for hydroxylation is 2. The van der Waals surface area contributed by atoms with Crippen LogP contribution in [0.4, 0.5) is 74.6 Å². The summed E-state index contributed by atoms with van der Waals surface area (Å²) in [6, 6.07) is 0. The average molecular weight is 515 g/mol. The zero-order valence-electron chi connectivity index (χ0n) is 14.8. The van der Waals surface area contributed by atoms with Crippen molar-refractivity contribution in [1.29, 1.82) is 0 Å². The quantitative estimate of drug-likeness (QED) is 0.444. The van der Waals surface area contributed by atoms with E-state index in [0.29, 0.717) is 14.0 Å². The van der Waals surface area contributed by atoms with Gasteiger partial charge in [0.15, 0.2) is 0 Å². The van der Waals surface area contributed by atoms with Crippen molar-refractivity contribution in [2.24, 2.45) is 7.05 Å². The molecule has 0 aliphatic carbocycles. The molecule has 0 aromatic carbocycles. The van der Waals surface area contributed by atoms with Crippen molar-refractivity contribution in [2.75, 3.05) is 0 Å².